The third kappa shape index (κ3) is 16.1. The number of hydrogen-bond acceptors (Lipinski definition) is 11. The Labute approximate surface area is 309 Å². The van der Waals surface area contributed by atoms with Crippen molar-refractivity contribution >= 4 is 16.2 Å². The van der Waals surface area contributed by atoms with Crippen molar-refractivity contribution in [3.63, 3.8) is 0 Å². The van der Waals surface area contributed by atoms with Gasteiger partial charge < -0.3 is 29.0 Å². The van der Waals surface area contributed by atoms with E-state index in [1.165, 1.54) is 18.3 Å². The summed E-state index contributed by atoms with van der Waals surface area (Å²) in [4.78, 5) is 20.5. The van der Waals surface area contributed by atoms with Gasteiger partial charge in [-0.2, -0.15) is 21.6 Å². The van der Waals surface area contributed by atoms with Crippen LogP contribution in [0.1, 0.15) is 68.4 Å². The van der Waals surface area contributed by atoms with Crippen molar-refractivity contribution in [2.24, 2.45) is 0 Å². The smallest absolute Gasteiger partial charge is 0.433 e. The SMILES string of the molecule is Cc1ccc(S(=O)(=O)OCCOCCOCCOCCOCCCc2cc(-c3cnc([C@H](C)NC(=O)OC(C)(C)C)cc3C)cc(C(F)(F)F)n2)cc1. The number of aryl methyl sites for hydroxylation is 3. The van der Waals surface area contributed by atoms with Gasteiger partial charge >= 0.3 is 12.3 Å². The van der Waals surface area contributed by atoms with Gasteiger partial charge in [-0.15, -0.1) is 0 Å². The van der Waals surface area contributed by atoms with Crippen molar-refractivity contribution in [3.05, 3.63) is 76.9 Å². The van der Waals surface area contributed by atoms with Crippen molar-refractivity contribution in [2.45, 2.75) is 77.1 Å². The molecule has 2 aromatic heterocycles. The monoisotopic (exact) mass is 769 g/mol. The van der Waals surface area contributed by atoms with E-state index in [1.807, 2.05) is 6.92 Å². The highest BCUT2D eigenvalue weighted by Crippen LogP contribution is 2.33. The Balaban J connectivity index is 1.32. The molecular weight excluding hydrogens is 719 g/mol. The van der Waals surface area contributed by atoms with Crippen LogP contribution in [0.5, 0.6) is 0 Å². The fourth-order valence-electron chi connectivity index (χ4n) is 4.78. The Hall–Kier alpha value is -3.67. The molecule has 16 heteroatoms. The van der Waals surface area contributed by atoms with Crippen LogP contribution in [0.4, 0.5) is 18.0 Å². The van der Waals surface area contributed by atoms with Crippen molar-refractivity contribution in [1.29, 1.82) is 0 Å². The molecule has 0 aliphatic heterocycles. The van der Waals surface area contributed by atoms with Gasteiger partial charge in [0, 0.05) is 24.1 Å². The summed E-state index contributed by atoms with van der Waals surface area (Å²) in [5.41, 5.74) is 1.66. The summed E-state index contributed by atoms with van der Waals surface area (Å²) in [6.45, 7) is 12.7. The number of rotatable bonds is 21. The van der Waals surface area contributed by atoms with E-state index in [4.69, 9.17) is 27.9 Å². The van der Waals surface area contributed by atoms with E-state index in [0.29, 0.717) is 68.4 Å². The van der Waals surface area contributed by atoms with Gasteiger partial charge in [0.15, 0.2) is 0 Å². The maximum Gasteiger partial charge on any atom is 0.433 e. The molecule has 0 radical (unpaired) electrons. The number of carbonyl (C=O) groups is 1. The zero-order valence-electron chi connectivity index (χ0n) is 31.1. The Morgan fingerprint density at radius 3 is 1.94 bits per heavy atom. The second-order valence-corrected chi connectivity index (χ2v) is 14.8. The van der Waals surface area contributed by atoms with Crippen LogP contribution in [-0.4, -0.2) is 89.5 Å². The molecule has 0 unspecified atom stereocenters. The Morgan fingerprint density at radius 2 is 1.40 bits per heavy atom. The van der Waals surface area contributed by atoms with E-state index >= 15 is 0 Å². The molecule has 0 saturated heterocycles. The number of aromatic nitrogens is 2. The Bertz CT molecular complexity index is 1700. The van der Waals surface area contributed by atoms with Gasteiger partial charge in [0.25, 0.3) is 10.1 Å². The van der Waals surface area contributed by atoms with E-state index in [-0.39, 0.29) is 36.8 Å². The average Bonchev–Trinajstić information content (AvgIpc) is 3.06. The number of benzene rings is 1. The maximum absolute atomic E-state index is 13.8. The first-order valence-electron chi connectivity index (χ1n) is 17.3. The minimum Gasteiger partial charge on any atom is -0.444 e. The zero-order chi connectivity index (χ0) is 39.1. The molecule has 1 atom stereocenters. The van der Waals surface area contributed by atoms with Crippen molar-refractivity contribution in [2.75, 3.05) is 59.5 Å². The Kier molecular flexibility index (Phi) is 17.1. The molecule has 12 nitrogen and oxygen atoms in total. The third-order valence-corrected chi connectivity index (χ3v) is 8.73. The number of nitrogens with zero attached hydrogens (tertiary/aromatic N) is 2. The lowest BCUT2D eigenvalue weighted by atomic mass is 9.99. The summed E-state index contributed by atoms with van der Waals surface area (Å²) in [7, 11) is -3.83. The number of amides is 1. The molecule has 2 heterocycles. The van der Waals surface area contributed by atoms with Gasteiger partial charge in [-0.05, 0) is 95.8 Å². The van der Waals surface area contributed by atoms with Crippen LogP contribution in [0, 0.1) is 13.8 Å². The van der Waals surface area contributed by atoms with Crippen LogP contribution < -0.4 is 5.32 Å². The summed E-state index contributed by atoms with van der Waals surface area (Å²) in [6.07, 6.45) is -3.02. The highest BCUT2D eigenvalue weighted by atomic mass is 32.2. The number of alkyl carbamates (subject to hydrolysis) is 1. The van der Waals surface area contributed by atoms with Crippen molar-refractivity contribution in [3.8, 4) is 11.1 Å². The van der Waals surface area contributed by atoms with E-state index in [2.05, 4.69) is 15.3 Å². The largest absolute Gasteiger partial charge is 0.444 e. The minimum absolute atomic E-state index is 0.0923. The third-order valence-electron chi connectivity index (χ3n) is 7.40. The van der Waals surface area contributed by atoms with Gasteiger partial charge in [-0.3, -0.25) is 9.17 Å². The van der Waals surface area contributed by atoms with Crippen LogP contribution in [-0.2, 0) is 50.6 Å². The normalized spacial score (nSPS) is 12.8. The zero-order valence-corrected chi connectivity index (χ0v) is 31.9. The van der Waals surface area contributed by atoms with Crippen LogP contribution in [0.3, 0.4) is 0 Å². The van der Waals surface area contributed by atoms with E-state index in [0.717, 1.165) is 11.6 Å². The van der Waals surface area contributed by atoms with Gasteiger partial charge in [-0.25, -0.2) is 9.78 Å². The lowest BCUT2D eigenvalue weighted by molar-refractivity contribution is -0.141. The summed E-state index contributed by atoms with van der Waals surface area (Å²) < 4.78 is 97.7. The minimum atomic E-state index is -4.63. The molecule has 3 rings (SSSR count). The molecular formula is C37H50F3N3O9S. The molecule has 0 aliphatic carbocycles. The lowest BCUT2D eigenvalue weighted by Crippen LogP contribution is -2.34. The van der Waals surface area contributed by atoms with Gasteiger partial charge in [-0.1, -0.05) is 17.7 Å². The number of halogens is 3. The molecule has 3 aromatic rings. The number of pyridine rings is 2. The molecule has 0 fully saturated rings. The van der Waals surface area contributed by atoms with E-state index in [1.54, 1.807) is 58.9 Å². The highest BCUT2D eigenvalue weighted by molar-refractivity contribution is 7.86. The van der Waals surface area contributed by atoms with Crippen LogP contribution in [0.2, 0.25) is 0 Å². The molecule has 0 bridgehead atoms. The van der Waals surface area contributed by atoms with E-state index in [9.17, 15) is 26.4 Å². The number of ether oxygens (including phenoxy) is 5. The first kappa shape index (κ1) is 43.7. The molecule has 0 saturated carbocycles. The molecule has 1 aromatic carbocycles. The summed E-state index contributed by atoms with van der Waals surface area (Å²) in [5.74, 6) is 0. The van der Waals surface area contributed by atoms with Gasteiger partial charge in [0.1, 0.15) is 11.3 Å². The fraction of sp³-hybridized carbons (Fsp3) is 0.541. The molecule has 1 amide bonds. The molecule has 294 valence electrons. The van der Waals surface area contributed by atoms with Crippen molar-refractivity contribution in [1.82, 2.24) is 15.3 Å². The second-order valence-electron chi connectivity index (χ2n) is 13.2. The lowest BCUT2D eigenvalue weighted by Gasteiger charge is -2.22. The topological polar surface area (TPSA) is 144 Å². The Morgan fingerprint density at radius 1 is 0.830 bits per heavy atom. The quantitative estimate of drug-likeness (QED) is 0.0906. The number of nitrogens with one attached hydrogen (secondary N) is 1. The predicted molar refractivity (Wildman–Crippen MR) is 191 cm³/mol. The number of alkyl halides is 3. The van der Waals surface area contributed by atoms with Crippen LogP contribution in [0.25, 0.3) is 11.1 Å². The van der Waals surface area contributed by atoms with Crippen LogP contribution >= 0.6 is 0 Å². The fourth-order valence-corrected chi connectivity index (χ4v) is 5.68. The molecule has 0 aliphatic rings. The summed E-state index contributed by atoms with van der Waals surface area (Å²) in [5, 5.41) is 2.72. The second kappa shape index (κ2) is 20.7. The number of hydrogen-bond donors (Lipinski definition) is 1. The van der Waals surface area contributed by atoms with E-state index < -0.39 is 39.7 Å². The maximum atomic E-state index is 13.8. The standard InChI is InChI=1S/C37H50F3N3O9S/c1-26-9-11-31(12-10-26)53(45,46)51-21-20-50-19-18-49-17-16-48-15-14-47-13-7-8-30-23-29(24-34(43-30)37(38,39)40)32-25-41-33(22-27(32)2)28(3)42-35(44)52-36(4,5)6/h9-12,22-25,28H,7-8,13-21H2,1-6H3,(H,42,44)/t28-/m0/s1. The first-order chi connectivity index (χ1) is 24.9. The summed E-state index contributed by atoms with van der Waals surface area (Å²) in [6, 6.07) is 10.3. The average molecular weight is 770 g/mol. The predicted octanol–water partition coefficient (Wildman–Crippen LogP) is 6.77. The molecule has 0 spiro atoms. The molecule has 1 N–H and O–H groups in total. The van der Waals surface area contributed by atoms with Gasteiger partial charge in [0.2, 0.25) is 0 Å². The number of carbonyl (C=O) groups excluding carboxylic acids is 1. The highest BCUT2D eigenvalue weighted by Gasteiger charge is 2.33. The summed E-state index contributed by atoms with van der Waals surface area (Å²) >= 11 is 0. The van der Waals surface area contributed by atoms with Crippen LogP contribution in [0.15, 0.2) is 53.6 Å². The van der Waals surface area contributed by atoms with Gasteiger partial charge in [0.05, 0.1) is 69.5 Å². The molecule has 53 heavy (non-hydrogen) atoms. The van der Waals surface area contributed by atoms with Crippen molar-refractivity contribution < 1.29 is 54.3 Å². The first-order valence-corrected chi connectivity index (χ1v) is 18.7.